The van der Waals surface area contributed by atoms with Crippen LogP contribution < -0.4 is 10.1 Å². The molecule has 0 aliphatic rings. The van der Waals surface area contributed by atoms with Crippen LogP contribution in [0.15, 0.2) is 33.5 Å². The van der Waals surface area contributed by atoms with Gasteiger partial charge in [-0.3, -0.25) is 4.68 Å². The second kappa shape index (κ2) is 7.96. The summed E-state index contributed by atoms with van der Waals surface area (Å²) >= 11 is 7.16. The second-order valence-electron chi connectivity index (χ2n) is 4.79. The molecule has 1 aromatic heterocycles. The third kappa shape index (κ3) is 4.83. The summed E-state index contributed by atoms with van der Waals surface area (Å²) in [7, 11) is 1.92. The van der Waals surface area contributed by atoms with Crippen molar-refractivity contribution in [1.82, 2.24) is 15.1 Å². The molecule has 0 bridgehead atoms. The molecule has 0 spiro atoms. The number of aromatic nitrogens is 2. The van der Waals surface area contributed by atoms with E-state index in [9.17, 15) is 0 Å². The predicted octanol–water partition coefficient (Wildman–Crippen LogP) is 3.68. The maximum Gasteiger partial charge on any atom is 0.147 e. The van der Waals surface area contributed by atoms with Gasteiger partial charge in [0.25, 0.3) is 0 Å². The largest absolute Gasteiger partial charge is 0.491 e. The van der Waals surface area contributed by atoms with E-state index in [0.29, 0.717) is 6.61 Å². The van der Waals surface area contributed by atoms with E-state index in [1.165, 1.54) is 11.1 Å². The fourth-order valence-corrected chi connectivity index (χ4v) is 3.50. The van der Waals surface area contributed by atoms with Gasteiger partial charge >= 0.3 is 0 Å². The zero-order chi connectivity index (χ0) is 15.2. The molecule has 0 aliphatic carbocycles. The molecule has 21 heavy (non-hydrogen) atoms. The molecule has 0 fully saturated rings. The lowest BCUT2D eigenvalue weighted by molar-refractivity contribution is 0.318. The fraction of sp³-hybridized carbons (Fsp3) is 0.400. The number of hydrogen-bond acceptors (Lipinski definition) is 3. The van der Waals surface area contributed by atoms with Gasteiger partial charge in [-0.15, -0.1) is 0 Å². The minimum Gasteiger partial charge on any atom is -0.491 e. The molecule has 6 heteroatoms. The van der Waals surface area contributed by atoms with Crippen LogP contribution in [0.25, 0.3) is 0 Å². The van der Waals surface area contributed by atoms with Crippen molar-refractivity contribution in [2.24, 2.45) is 7.05 Å². The van der Waals surface area contributed by atoms with Gasteiger partial charge in [-0.1, -0.05) is 6.92 Å². The van der Waals surface area contributed by atoms with Crippen LogP contribution in [0.3, 0.4) is 0 Å². The molecule has 1 aromatic carbocycles. The number of aryl methyl sites for hydroxylation is 1. The van der Waals surface area contributed by atoms with Crippen LogP contribution in [-0.4, -0.2) is 22.9 Å². The highest BCUT2D eigenvalue weighted by Gasteiger charge is 2.09. The minimum atomic E-state index is 0.620. The summed E-state index contributed by atoms with van der Waals surface area (Å²) in [4.78, 5) is 0. The van der Waals surface area contributed by atoms with Gasteiger partial charge in [0.05, 0.1) is 21.7 Å². The Morgan fingerprint density at radius 1 is 1.24 bits per heavy atom. The Morgan fingerprint density at radius 3 is 2.52 bits per heavy atom. The SMILES string of the molecule is CCNCc1cc(Br)c(OCCc2cnn(C)c2)c(Br)c1. The quantitative estimate of drug-likeness (QED) is 0.748. The van der Waals surface area contributed by atoms with Crippen LogP contribution in [0.5, 0.6) is 5.75 Å². The number of ether oxygens (including phenoxy) is 1. The smallest absolute Gasteiger partial charge is 0.147 e. The van der Waals surface area contributed by atoms with Crippen LogP contribution in [0.2, 0.25) is 0 Å². The van der Waals surface area contributed by atoms with Crippen molar-refractivity contribution in [2.75, 3.05) is 13.2 Å². The number of halogens is 2. The van der Waals surface area contributed by atoms with E-state index in [4.69, 9.17) is 4.74 Å². The summed E-state index contributed by atoms with van der Waals surface area (Å²) < 4.78 is 9.63. The molecule has 0 saturated heterocycles. The zero-order valence-corrected chi connectivity index (χ0v) is 15.4. The molecule has 1 N–H and O–H groups in total. The van der Waals surface area contributed by atoms with Gasteiger partial charge in [-0.05, 0) is 61.7 Å². The zero-order valence-electron chi connectivity index (χ0n) is 12.2. The summed E-state index contributed by atoms with van der Waals surface area (Å²) in [5.41, 5.74) is 2.39. The third-order valence-electron chi connectivity index (χ3n) is 3.03. The first-order valence-electron chi connectivity index (χ1n) is 6.89. The molecule has 0 radical (unpaired) electrons. The molecule has 0 aliphatic heterocycles. The Labute approximate surface area is 142 Å². The van der Waals surface area contributed by atoms with E-state index < -0.39 is 0 Å². The van der Waals surface area contributed by atoms with Gasteiger partial charge in [-0.2, -0.15) is 5.10 Å². The van der Waals surface area contributed by atoms with Gasteiger partial charge in [0.1, 0.15) is 5.75 Å². The van der Waals surface area contributed by atoms with E-state index in [1.807, 2.05) is 19.4 Å². The highest BCUT2D eigenvalue weighted by atomic mass is 79.9. The molecule has 2 aromatic rings. The summed E-state index contributed by atoms with van der Waals surface area (Å²) in [5.74, 6) is 0.846. The van der Waals surface area contributed by atoms with Gasteiger partial charge in [0.15, 0.2) is 0 Å². The standard InChI is InChI=1S/C15H19Br2N3O/c1-3-18-8-12-6-13(16)15(14(17)7-12)21-5-4-11-9-19-20(2)10-11/h6-7,9-10,18H,3-5,8H2,1-2H3. The van der Waals surface area contributed by atoms with Crippen molar-refractivity contribution in [1.29, 1.82) is 0 Å². The van der Waals surface area contributed by atoms with Crippen molar-refractivity contribution in [2.45, 2.75) is 19.9 Å². The molecule has 114 valence electrons. The fourth-order valence-electron chi connectivity index (χ4n) is 1.99. The average molecular weight is 417 g/mol. The van der Waals surface area contributed by atoms with E-state index >= 15 is 0 Å². The van der Waals surface area contributed by atoms with E-state index in [2.05, 4.69) is 61.3 Å². The van der Waals surface area contributed by atoms with E-state index in [-0.39, 0.29) is 0 Å². The van der Waals surface area contributed by atoms with E-state index in [1.54, 1.807) is 4.68 Å². The maximum atomic E-state index is 5.89. The topological polar surface area (TPSA) is 39.1 Å². The molecule has 1 heterocycles. The molecule has 4 nitrogen and oxygen atoms in total. The van der Waals surface area contributed by atoms with E-state index in [0.717, 1.165) is 34.2 Å². The first-order valence-corrected chi connectivity index (χ1v) is 8.47. The molecular formula is C15H19Br2N3O. The predicted molar refractivity (Wildman–Crippen MR) is 91.6 cm³/mol. The first kappa shape index (κ1) is 16.5. The number of nitrogens with one attached hydrogen (secondary N) is 1. The lowest BCUT2D eigenvalue weighted by atomic mass is 10.2. The number of benzene rings is 1. The molecule has 0 atom stereocenters. The van der Waals surface area contributed by atoms with Crippen LogP contribution in [0.4, 0.5) is 0 Å². The van der Waals surface area contributed by atoms with Crippen LogP contribution in [0.1, 0.15) is 18.1 Å². The third-order valence-corrected chi connectivity index (χ3v) is 4.21. The molecule has 0 saturated carbocycles. The molecular weight excluding hydrogens is 398 g/mol. The van der Waals surface area contributed by atoms with Crippen LogP contribution >= 0.6 is 31.9 Å². The average Bonchev–Trinajstić information content (AvgIpc) is 2.85. The highest BCUT2D eigenvalue weighted by molar-refractivity contribution is 9.11. The number of hydrogen-bond donors (Lipinski definition) is 1. The Hall–Kier alpha value is -0.850. The lowest BCUT2D eigenvalue weighted by Gasteiger charge is -2.12. The van der Waals surface area contributed by atoms with Crippen molar-refractivity contribution in [3.05, 3.63) is 44.6 Å². The van der Waals surface area contributed by atoms with Gasteiger partial charge in [0.2, 0.25) is 0 Å². The monoisotopic (exact) mass is 415 g/mol. The lowest BCUT2D eigenvalue weighted by Crippen LogP contribution is -2.12. The summed E-state index contributed by atoms with van der Waals surface area (Å²) in [6.45, 7) is 4.53. The van der Waals surface area contributed by atoms with Gasteiger partial charge in [-0.25, -0.2) is 0 Å². The van der Waals surface area contributed by atoms with Crippen molar-refractivity contribution < 1.29 is 4.74 Å². The Kier molecular flexibility index (Phi) is 6.26. The normalized spacial score (nSPS) is 10.9. The molecule has 2 rings (SSSR count). The number of nitrogens with zero attached hydrogens (tertiary/aromatic N) is 2. The summed E-state index contributed by atoms with van der Waals surface area (Å²) in [6.07, 6.45) is 4.71. The minimum absolute atomic E-state index is 0.620. The van der Waals surface area contributed by atoms with Crippen molar-refractivity contribution >= 4 is 31.9 Å². The second-order valence-corrected chi connectivity index (χ2v) is 6.50. The van der Waals surface area contributed by atoms with Gasteiger partial charge in [0, 0.05) is 26.2 Å². The highest BCUT2D eigenvalue weighted by Crippen LogP contribution is 2.34. The molecule has 0 unspecified atom stereocenters. The first-order chi connectivity index (χ1) is 10.1. The Balaban J connectivity index is 1.96. The summed E-state index contributed by atoms with van der Waals surface area (Å²) in [6, 6.07) is 4.18. The number of rotatable bonds is 7. The molecule has 0 amide bonds. The summed E-state index contributed by atoms with van der Waals surface area (Å²) in [5, 5.41) is 7.47. The Bertz CT molecular complexity index is 575. The van der Waals surface area contributed by atoms with Gasteiger partial charge < -0.3 is 10.1 Å². The maximum absolute atomic E-state index is 5.89. The van der Waals surface area contributed by atoms with Crippen LogP contribution in [-0.2, 0) is 20.0 Å². The van der Waals surface area contributed by atoms with Crippen molar-refractivity contribution in [3.8, 4) is 5.75 Å². The van der Waals surface area contributed by atoms with Crippen molar-refractivity contribution in [3.63, 3.8) is 0 Å². The van der Waals surface area contributed by atoms with Crippen LogP contribution in [0, 0.1) is 0 Å². The Morgan fingerprint density at radius 2 is 1.95 bits per heavy atom.